The van der Waals surface area contributed by atoms with Crippen LogP contribution in [-0.4, -0.2) is 22.8 Å². The van der Waals surface area contributed by atoms with Crippen LogP contribution in [0.25, 0.3) is 11.3 Å². The van der Waals surface area contributed by atoms with Gasteiger partial charge in [-0.05, 0) is 35.9 Å². The van der Waals surface area contributed by atoms with Crippen LogP contribution in [0.5, 0.6) is 0 Å². The van der Waals surface area contributed by atoms with Crippen molar-refractivity contribution < 1.29 is 13.6 Å². The van der Waals surface area contributed by atoms with Gasteiger partial charge in [-0.2, -0.15) is 0 Å². The second-order valence-electron chi connectivity index (χ2n) is 5.97. The van der Waals surface area contributed by atoms with Crippen molar-refractivity contribution in [2.75, 3.05) is 7.05 Å². The maximum atomic E-state index is 13.0. The molecule has 0 aliphatic carbocycles. The van der Waals surface area contributed by atoms with Gasteiger partial charge < -0.3 is 9.32 Å². The van der Waals surface area contributed by atoms with Gasteiger partial charge >= 0.3 is 0 Å². The van der Waals surface area contributed by atoms with Crippen LogP contribution in [0.15, 0.2) is 63.6 Å². The Labute approximate surface area is 159 Å². The second-order valence-corrected chi connectivity index (χ2v) is 6.82. The Balaban J connectivity index is 1.56. The summed E-state index contributed by atoms with van der Waals surface area (Å²) in [6.45, 7) is 0.534. The van der Waals surface area contributed by atoms with E-state index in [0.29, 0.717) is 31.0 Å². The number of carbonyl (C=O) groups is 1. The maximum absolute atomic E-state index is 13.0. The van der Waals surface area contributed by atoms with E-state index in [1.165, 1.54) is 12.1 Å². The maximum Gasteiger partial charge on any atom is 0.223 e. The predicted molar refractivity (Wildman–Crippen MR) is 101 cm³/mol. The molecule has 1 heterocycles. The van der Waals surface area contributed by atoms with Crippen LogP contribution >= 0.6 is 15.9 Å². The fraction of sp³-hybridized carbons (Fsp3) is 0.200. The molecular formula is C20H18BrFN2O2. The molecule has 3 aromatic rings. The minimum Gasteiger partial charge on any atom is -0.441 e. The first-order valence-corrected chi connectivity index (χ1v) is 9.00. The minimum atomic E-state index is -0.299. The Morgan fingerprint density at radius 1 is 1.19 bits per heavy atom. The van der Waals surface area contributed by atoms with E-state index in [4.69, 9.17) is 4.42 Å². The zero-order valence-corrected chi connectivity index (χ0v) is 15.9. The first-order chi connectivity index (χ1) is 12.5. The highest BCUT2D eigenvalue weighted by molar-refractivity contribution is 9.10. The van der Waals surface area contributed by atoms with E-state index in [2.05, 4.69) is 20.9 Å². The number of halogens is 2. The fourth-order valence-electron chi connectivity index (χ4n) is 2.55. The lowest BCUT2D eigenvalue weighted by Gasteiger charge is -2.17. The molecule has 2 aromatic carbocycles. The van der Waals surface area contributed by atoms with Crippen LogP contribution in [0.3, 0.4) is 0 Å². The number of oxazole rings is 1. The van der Waals surface area contributed by atoms with Crippen LogP contribution in [-0.2, 0) is 17.8 Å². The van der Waals surface area contributed by atoms with E-state index in [0.717, 1.165) is 15.6 Å². The van der Waals surface area contributed by atoms with Crippen molar-refractivity contribution in [1.82, 2.24) is 9.88 Å². The smallest absolute Gasteiger partial charge is 0.223 e. The Bertz CT molecular complexity index is 893. The van der Waals surface area contributed by atoms with Gasteiger partial charge in [-0.1, -0.05) is 34.1 Å². The predicted octanol–water partition coefficient (Wildman–Crippen LogP) is 4.83. The normalized spacial score (nSPS) is 10.7. The number of carbonyl (C=O) groups excluding carboxylic acids is 1. The number of rotatable bonds is 6. The van der Waals surface area contributed by atoms with Gasteiger partial charge in [-0.25, -0.2) is 9.37 Å². The third-order valence-corrected chi connectivity index (χ3v) is 4.80. The van der Waals surface area contributed by atoms with Gasteiger partial charge in [-0.3, -0.25) is 4.79 Å². The first kappa shape index (κ1) is 18.3. The number of benzene rings is 2. The lowest BCUT2D eigenvalue weighted by molar-refractivity contribution is -0.130. The molecule has 0 N–H and O–H groups in total. The van der Waals surface area contributed by atoms with Gasteiger partial charge in [0.05, 0.1) is 6.20 Å². The average Bonchev–Trinajstić information content (AvgIpc) is 3.11. The lowest BCUT2D eigenvalue weighted by Crippen LogP contribution is -2.26. The SMILES string of the molecule is CN(Cc1ccccc1Br)C(=O)CCc1ncc(-c2ccc(F)cc2)o1. The molecule has 4 nitrogen and oxygen atoms in total. The van der Waals surface area contributed by atoms with E-state index in [1.54, 1.807) is 30.3 Å². The molecule has 0 aliphatic rings. The number of aromatic nitrogens is 1. The molecule has 0 spiro atoms. The molecule has 134 valence electrons. The zero-order valence-electron chi connectivity index (χ0n) is 14.3. The summed E-state index contributed by atoms with van der Waals surface area (Å²) >= 11 is 3.49. The molecule has 0 atom stereocenters. The number of aryl methyl sites for hydroxylation is 1. The van der Waals surface area contributed by atoms with Gasteiger partial charge in [0.15, 0.2) is 11.7 Å². The summed E-state index contributed by atoms with van der Waals surface area (Å²) in [6, 6.07) is 13.8. The molecule has 0 saturated heterocycles. The van der Waals surface area contributed by atoms with Gasteiger partial charge in [-0.15, -0.1) is 0 Å². The summed E-state index contributed by atoms with van der Waals surface area (Å²) in [5.41, 5.74) is 1.81. The summed E-state index contributed by atoms with van der Waals surface area (Å²) in [4.78, 5) is 18.2. The van der Waals surface area contributed by atoms with Crippen molar-refractivity contribution in [3.63, 3.8) is 0 Å². The van der Waals surface area contributed by atoms with Crippen molar-refractivity contribution in [2.24, 2.45) is 0 Å². The number of nitrogens with zero attached hydrogens (tertiary/aromatic N) is 2. The van der Waals surface area contributed by atoms with E-state index in [1.807, 2.05) is 24.3 Å². The minimum absolute atomic E-state index is 0.0160. The largest absolute Gasteiger partial charge is 0.441 e. The van der Waals surface area contributed by atoms with Crippen molar-refractivity contribution in [1.29, 1.82) is 0 Å². The number of hydrogen-bond acceptors (Lipinski definition) is 3. The van der Waals surface area contributed by atoms with E-state index >= 15 is 0 Å². The molecule has 0 saturated carbocycles. The Kier molecular flexibility index (Phi) is 5.83. The molecule has 0 bridgehead atoms. The zero-order chi connectivity index (χ0) is 18.5. The van der Waals surface area contributed by atoms with E-state index in [-0.39, 0.29) is 11.7 Å². The highest BCUT2D eigenvalue weighted by Gasteiger charge is 2.13. The molecule has 0 radical (unpaired) electrons. The summed E-state index contributed by atoms with van der Waals surface area (Å²) in [5.74, 6) is 0.774. The summed E-state index contributed by atoms with van der Waals surface area (Å²) in [7, 11) is 1.78. The molecule has 0 aliphatic heterocycles. The highest BCUT2D eigenvalue weighted by Crippen LogP contribution is 2.21. The second kappa shape index (κ2) is 8.27. The van der Waals surface area contributed by atoms with Gasteiger partial charge in [0.25, 0.3) is 0 Å². The molecule has 1 aromatic heterocycles. The Morgan fingerprint density at radius 2 is 1.92 bits per heavy atom. The fourth-order valence-corrected chi connectivity index (χ4v) is 2.96. The van der Waals surface area contributed by atoms with Crippen LogP contribution in [0.4, 0.5) is 4.39 Å². The monoisotopic (exact) mass is 416 g/mol. The van der Waals surface area contributed by atoms with Crippen LogP contribution < -0.4 is 0 Å². The molecular weight excluding hydrogens is 399 g/mol. The first-order valence-electron chi connectivity index (χ1n) is 8.21. The quantitative estimate of drug-likeness (QED) is 0.577. The summed E-state index contributed by atoms with van der Waals surface area (Å²) in [5, 5.41) is 0. The topological polar surface area (TPSA) is 46.3 Å². The van der Waals surface area contributed by atoms with Crippen LogP contribution in [0.1, 0.15) is 17.9 Å². The molecule has 26 heavy (non-hydrogen) atoms. The highest BCUT2D eigenvalue weighted by atomic mass is 79.9. The van der Waals surface area contributed by atoms with Crippen molar-refractivity contribution in [2.45, 2.75) is 19.4 Å². The molecule has 0 fully saturated rings. The van der Waals surface area contributed by atoms with Crippen LogP contribution in [0.2, 0.25) is 0 Å². The number of hydrogen-bond donors (Lipinski definition) is 0. The van der Waals surface area contributed by atoms with Gasteiger partial charge in [0.1, 0.15) is 5.82 Å². The van der Waals surface area contributed by atoms with Crippen molar-refractivity contribution in [3.8, 4) is 11.3 Å². The third kappa shape index (κ3) is 4.58. The van der Waals surface area contributed by atoms with Crippen molar-refractivity contribution in [3.05, 3.63) is 76.5 Å². The number of amides is 1. The molecule has 3 rings (SSSR count). The third-order valence-electron chi connectivity index (χ3n) is 4.03. The van der Waals surface area contributed by atoms with E-state index < -0.39 is 0 Å². The average molecular weight is 417 g/mol. The summed E-state index contributed by atoms with van der Waals surface area (Å²) in [6.07, 6.45) is 2.32. The molecule has 6 heteroatoms. The molecule has 1 amide bonds. The Hall–Kier alpha value is -2.47. The summed E-state index contributed by atoms with van der Waals surface area (Å²) < 4.78 is 19.6. The molecule has 0 unspecified atom stereocenters. The van der Waals surface area contributed by atoms with Crippen LogP contribution in [0, 0.1) is 5.82 Å². The van der Waals surface area contributed by atoms with Gasteiger partial charge in [0, 0.05) is 36.5 Å². The standard InChI is InChI=1S/C20H18BrFN2O2/c1-24(13-15-4-2-3-5-17(15)21)20(25)11-10-19-23-12-18(26-19)14-6-8-16(22)9-7-14/h2-9,12H,10-11,13H2,1H3. The van der Waals surface area contributed by atoms with Crippen molar-refractivity contribution >= 4 is 21.8 Å². The van der Waals surface area contributed by atoms with Gasteiger partial charge in [0.2, 0.25) is 5.91 Å². The Morgan fingerprint density at radius 3 is 2.65 bits per heavy atom. The lowest BCUT2D eigenvalue weighted by atomic mass is 10.2. The van der Waals surface area contributed by atoms with E-state index in [9.17, 15) is 9.18 Å².